The van der Waals surface area contributed by atoms with Crippen LogP contribution in [0.4, 0.5) is 0 Å². The van der Waals surface area contributed by atoms with Crippen molar-refractivity contribution >= 4 is 10.0 Å². The van der Waals surface area contributed by atoms with Gasteiger partial charge in [0.1, 0.15) is 0 Å². The lowest BCUT2D eigenvalue weighted by Gasteiger charge is -2.18. The Morgan fingerprint density at radius 2 is 2.00 bits per heavy atom. The number of hydrogen-bond acceptors (Lipinski definition) is 3. The van der Waals surface area contributed by atoms with E-state index in [2.05, 4.69) is 0 Å². The Morgan fingerprint density at radius 1 is 1.35 bits per heavy atom. The molecule has 1 rings (SSSR count). The molecule has 0 aliphatic carbocycles. The Balaban J connectivity index is 3.16. The van der Waals surface area contributed by atoms with Crippen LogP contribution in [-0.2, 0) is 16.6 Å². The highest BCUT2D eigenvalue weighted by Crippen LogP contribution is 2.20. The minimum absolute atomic E-state index is 0.366. The van der Waals surface area contributed by atoms with Gasteiger partial charge >= 0.3 is 0 Å². The molecule has 1 aromatic carbocycles. The van der Waals surface area contributed by atoms with Crippen molar-refractivity contribution in [2.75, 3.05) is 13.6 Å². The number of rotatable bonds is 5. The Bertz CT molecular complexity index is 483. The molecule has 0 atom stereocenters. The third-order valence-electron chi connectivity index (χ3n) is 2.70. The highest BCUT2D eigenvalue weighted by Gasteiger charge is 2.21. The van der Waals surface area contributed by atoms with Crippen LogP contribution in [0.3, 0.4) is 0 Å². The zero-order chi connectivity index (χ0) is 13.1. The summed E-state index contributed by atoms with van der Waals surface area (Å²) in [5, 5.41) is 0. The fourth-order valence-electron chi connectivity index (χ4n) is 1.73. The fraction of sp³-hybridized carbons (Fsp3) is 0.500. The minimum atomic E-state index is -3.36. The van der Waals surface area contributed by atoms with Crippen molar-refractivity contribution in [1.29, 1.82) is 0 Å². The first-order valence-electron chi connectivity index (χ1n) is 5.69. The molecule has 0 fully saturated rings. The van der Waals surface area contributed by atoms with E-state index in [4.69, 9.17) is 5.73 Å². The van der Waals surface area contributed by atoms with Crippen molar-refractivity contribution in [1.82, 2.24) is 4.31 Å². The molecular formula is C12H20N2O2S. The van der Waals surface area contributed by atoms with Gasteiger partial charge in [0.2, 0.25) is 10.0 Å². The molecule has 5 heteroatoms. The summed E-state index contributed by atoms with van der Waals surface area (Å²) in [6, 6.07) is 5.23. The maximum atomic E-state index is 12.2. The lowest BCUT2D eigenvalue weighted by Crippen LogP contribution is -2.28. The van der Waals surface area contributed by atoms with Crippen LogP contribution in [0.15, 0.2) is 23.1 Å². The summed E-state index contributed by atoms with van der Waals surface area (Å²) in [6.07, 6.45) is 0.801. The molecule has 0 amide bonds. The molecular weight excluding hydrogens is 236 g/mol. The van der Waals surface area contributed by atoms with E-state index in [0.29, 0.717) is 18.0 Å². The molecule has 0 radical (unpaired) electrons. The van der Waals surface area contributed by atoms with Gasteiger partial charge in [-0.1, -0.05) is 19.1 Å². The largest absolute Gasteiger partial charge is 0.326 e. The second kappa shape index (κ2) is 5.62. The van der Waals surface area contributed by atoms with Crippen LogP contribution >= 0.6 is 0 Å². The number of nitrogens with zero attached hydrogens (tertiary/aromatic N) is 1. The molecule has 17 heavy (non-hydrogen) atoms. The van der Waals surface area contributed by atoms with Crippen molar-refractivity contribution in [3.63, 3.8) is 0 Å². The van der Waals surface area contributed by atoms with E-state index >= 15 is 0 Å². The van der Waals surface area contributed by atoms with E-state index in [9.17, 15) is 8.42 Å². The summed E-state index contributed by atoms with van der Waals surface area (Å²) in [5.74, 6) is 0. The van der Waals surface area contributed by atoms with Gasteiger partial charge in [-0.3, -0.25) is 0 Å². The quantitative estimate of drug-likeness (QED) is 0.868. The van der Waals surface area contributed by atoms with Crippen LogP contribution in [0.5, 0.6) is 0 Å². The summed E-state index contributed by atoms with van der Waals surface area (Å²) in [6.45, 7) is 4.70. The van der Waals surface area contributed by atoms with Gasteiger partial charge in [-0.05, 0) is 30.5 Å². The average molecular weight is 256 g/mol. The number of aryl methyl sites for hydroxylation is 1. The molecule has 4 nitrogen and oxygen atoms in total. The maximum absolute atomic E-state index is 12.2. The standard InChI is InChI=1S/C12H20N2O2S/c1-4-7-14(3)17(15,16)12-6-5-11(9-13)8-10(12)2/h5-6,8H,4,7,9,13H2,1-3H3. The Hall–Kier alpha value is -0.910. The Morgan fingerprint density at radius 3 is 2.47 bits per heavy atom. The normalized spacial score (nSPS) is 12.1. The van der Waals surface area contributed by atoms with E-state index in [1.165, 1.54) is 4.31 Å². The molecule has 0 bridgehead atoms. The number of hydrogen-bond donors (Lipinski definition) is 1. The summed E-state index contributed by atoms with van der Waals surface area (Å²) in [4.78, 5) is 0.366. The van der Waals surface area contributed by atoms with E-state index in [1.54, 1.807) is 26.1 Å². The Kier molecular flexibility index (Phi) is 4.68. The molecule has 0 aliphatic heterocycles. The summed E-state index contributed by atoms with van der Waals surface area (Å²) in [7, 11) is -1.76. The van der Waals surface area contributed by atoms with Crippen molar-refractivity contribution in [3.8, 4) is 0 Å². The molecule has 1 aromatic rings. The molecule has 0 spiro atoms. The zero-order valence-electron chi connectivity index (χ0n) is 10.6. The topological polar surface area (TPSA) is 63.4 Å². The second-order valence-electron chi connectivity index (χ2n) is 4.13. The van der Waals surface area contributed by atoms with E-state index in [0.717, 1.165) is 17.5 Å². The zero-order valence-corrected chi connectivity index (χ0v) is 11.4. The first kappa shape index (κ1) is 14.2. The van der Waals surface area contributed by atoms with Crippen LogP contribution in [0, 0.1) is 6.92 Å². The average Bonchev–Trinajstić information content (AvgIpc) is 2.28. The summed E-state index contributed by atoms with van der Waals surface area (Å²) in [5.41, 5.74) is 7.22. The van der Waals surface area contributed by atoms with E-state index in [1.807, 2.05) is 13.0 Å². The SMILES string of the molecule is CCCN(C)S(=O)(=O)c1ccc(CN)cc1C. The molecule has 0 heterocycles. The second-order valence-corrected chi connectivity index (χ2v) is 6.14. The van der Waals surface area contributed by atoms with Gasteiger partial charge in [-0.25, -0.2) is 12.7 Å². The van der Waals surface area contributed by atoms with Crippen molar-refractivity contribution in [3.05, 3.63) is 29.3 Å². The van der Waals surface area contributed by atoms with Crippen molar-refractivity contribution in [2.24, 2.45) is 5.73 Å². The predicted molar refractivity (Wildman–Crippen MR) is 69.2 cm³/mol. The van der Waals surface area contributed by atoms with E-state index in [-0.39, 0.29) is 0 Å². The van der Waals surface area contributed by atoms with Crippen molar-refractivity contribution in [2.45, 2.75) is 31.7 Å². The number of nitrogens with two attached hydrogens (primary N) is 1. The summed E-state index contributed by atoms with van der Waals surface area (Å²) >= 11 is 0. The number of sulfonamides is 1. The van der Waals surface area contributed by atoms with Crippen molar-refractivity contribution < 1.29 is 8.42 Å². The van der Waals surface area contributed by atoms with Gasteiger partial charge in [0, 0.05) is 20.1 Å². The van der Waals surface area contributed by atoms with Gasteiger partial charge < -0.3 is 5.73 Å². The summed E-state index contributed by atoms with van der Waals surface area (Å²) < 4.78 is 25.9. The van der Waals surface area contributed by atoms with Gasteiger partial charge in [-0.15, -0.1) is 0 Å². The van der Waals surface area contributed by atoms with E-state index < -0.39 is 10.0 Å². The van der Waals surface area contributed by atoms with Gasteiger partial charge in [-0.2, -0.15) is 0 Å². The van der Waals surface area contributed by atoms with Crippen LogP contribution in [0.25, 0.3) is 0 Å². The fourth-order valence-corrected chi connectivity index (χ4v) is 3.20. The number of benzene rings is 1. The highest BCUT2D eigenvalue weighted by molar-refractivity contribution is 7.89. The van der Waals surface area contributed by atoms with Crippen LogP contribution in [0.1, 0.15) is 24.5 Å². The molecule has 0 saturated carbocycles. The minimum Gasteiger partial charge on any atom is -0.326 e. The first-order chi connectivity index (χ1) is 7.93. The molecule has 0 aromatic heterocycles. The Labute approximate surface area is 103 Å². The lowest BCUT2D eigenvalue weighted by atomic mass is 10.1. The van der Waals surface area contributed by atoms with Gasteiger partial charge in [0.25, 0.3) is 0 Å². The van der Waals surface area contributed by atoms with Crippen LogP contribution in [0.2, 0.25) is 0 Å². The highest BCUT2D eigenvalue weighted by atomic mass is 32.2. The molecule has 0 unspecified atom stereocenters. The third-order valence-corrected chi connectivity index (χ3v) is 4.72. The molecule has 2 N–H and O–H groups in total. The van der Waals surface area contributed by atoms with Gasteiger partial charge in [0.05, 0.1) is 4.90 Å². The maximum Gasteiger partial charge on any atom is 0.243 e. The van der Waals surface area contributed by atoms with Crippen LogP contribution in [-0.4, -0.2) is 26.3 Å². The predicted octanol–water partition coefficient (Wildman–Crippen LogP) is 1.48. The molecule has 96 valence electrons. The monoisotopic (exact) mass is 256 g/mol. The van der Waals surface area contributed by atoms with Gasteiger partial charge in [0.15, 0.2) is 0 Å². The third kappa shape index (κ3) is 3.06. The lowest BCUT2D eigenvalue weighted by molar-refractivity contribution is 0.468. The first-order valence-corrected chi connectivity index (χ1v) is 7.13. The molecule has 0 aliphatic rings. The smallest absolute Gasteiger partial charge is 0.243 e. The van der Waals surface area contributed by atoms with Crippen LogP contribution < -0.4 is 5.73 Å². The molecule has 0 saturated heterocycles.